The second kappa shape index (κ2) is 9.10. The maximum Gasteiger partial charge on any atom is 0.505 e. The molecule has 0 spiro atoms. The molecule has 0 amide bonds. The van der Waals surface area contributed by atoms with Gasteiger partial charge in [0.1, 0.15) is 0 Å². The van der Waals surface area contributed by atoms with E-state index in [-0.39, 0.29) is 12.4 Å². The summed E-state index contributed by atoms with van der Waals surface area (Å²) in [5.41, 5.74) is -0.396. The molecule has 1 rings (SSSR count). The molecule has 6 nitrogen and oxygen atoms in total. The van der Waals surface area contributed by atoms with Gasteiger partial charge in [0.25, 0.3) is 0 Å². The summed E-state index contributed by atoms with van der Waals surface area (Å²) in [7, 11) is 0. The lowest BCUT2D eigenvalue weighted by atomic mass is 10.1. The third kappa shape index (κ3) is 5.41. The van der Waals surface area contributed by atoms with E-state index in [1.165, 1.54) is 0 Å². The summed E-state index contributed by atoms with van der Waals surface area (Å²) in [5.74, 6) is -1.02. The minimum Gasteiger partial charge on any atom is -0.505 e. The highest BCUT2D eigenvalue weighted by atomic mass is 16.5. The number of aliphatic hydroxyl groups excluding tert-OH is 1. The molecule has 0 bridgehead atoms. The summed E-state index contributed by atoms with van der Waals surface area (Å²) in [4.78, 5) is 16.5. The van der Waals surface area contributed by atoms with Crippen LogP contribution in [0.3, 0.4) is 0 Å². The molecule has 0 aliphatic carbocycles. The van der Waals surface area contributed by atoms with Gasteiger partial charge in [-0.15, -0.1) is 0 Å². The number of carbonyl (C=O) groups is 1. The minimum absolute atomic E-state index is 0.174. The van der Waals surface area contributed by atoms with Crippen molar-refractivity contribution in [3.8, 4) is 0 Å². The van der Waals surface area contributed by atoms with Gasteiger partial charge in [-0.1, -0.05) is 12.2 Å². The van der Waals surface area contributed by atoms with Crippen LogP contribution in [0.1, 0.15) is 32.6 Å². The SMILES string of the molecule is CCOC(=O)/C([N+]#N)=C(\O)CCCCN1CC=CCC1. The molecule has 0 fully saturated rings. The Hall–Kier alpha value is -1.87. The highest BCUT2D eigenvalue weighted by Gasteiger charge is 2.29. The first-order valence-corrected chi connectivity index (χ1v) is 7.00. The molecule has 110 valence electrons. The molecule has 1 aliphatic heterocycles. The summed E-state index contributed by atoms with van der Waals surface area (Å²) in [5, 5.41) is 18.5. The zero-order chi connectivity index (χ0) is 14.8. The van der Waals surface area contributed by atoms with Crippen LogP contribution in [0.25, 0.3) is 4.98 Å². The molecule has 0 atom stereocenters. The van der Waals surface area contributed by atoms with Crippen molar-refractivity contribution in [3.63, 3.8) is 0 Å². The average Bonchev–Trinajstić information content (AvgIpc) is 2.46. The van der Waals surface area contributed by atoms with E-state index in [4.69, 9.17) is 10.1 Å². The Balaban J connectivity index is 2.33. The van der Waals surface area contributed by atoms with E-state index in [1.54, 1.807) is 6.92 Å². The number of ether oxygens (including phenoxy) is 1. The van der Waals surface area contributed by atoms with E-state index >= 15 is 0 Å². The smallest absolute Gasteiger partial charge is 0.505 e. The number of unbranched alkanes of at least 4 members (excludes halogenated alkanes) is 1. The largest absolute Gasteiger partial charge is 0.505 e. The summed E-state index contributed by atoms with van der Waals surface area (Å²) in [6.07, 6.45) is 7.37. The van der Waals surface area contributed by atoms with Crippen molar-refractivity contribution in [2.75, 3.05) is 26.2 Å². The lowest BCUT2D eigenvalue weighted by molar-refractivity contribution is -0.138. The molecule has 0 saturated carbocycles. The number of carbonyl (C=O) groups excluding carboxylic acids is 1. The second-order valence-electron chi connectivity index (χ2n) is 4.63. The zero-order valence-corrected chi connectivity index (χ0v) is 11.9. The Labute approximate surface area is 119 Å². The van der Waals surface area contributed by atoms with E-state index in [0.29, 0.717) is 6.42 Å². The monoisotopic (exact) mass is 280 g/mol. The van der Waals surface area contributed by atoms with Crippen LogP contribution in [0, 0.1) is 5.39 Å². The number of hydrogen-bond acceptors (Lipinski definition) is 5. The molecule has 0 aromatic rings. The molecular weight excluding hydrogens is 258 g/mol. The van der Waals surface area contributed by atoms with Gasteiger partial charge in [-0.05, 0) is 32.7 Å². The maximum absolute atomic E-state index is 11.4. The maximum atomic E-state index is 11.4. The number of nitrogens with zero attached hydrogens (tertiary/aromatic N) is 3. The fourth-order valence-corrected chi connectivity index (χ4v) is 2.06. The van der Waals surface area contributed by atoms with Gasteiger partial charge in [-0.2, -0.15) is 0 Å². The normalized spacial score (nSPS) is 16.4. The molecule has 20 heavy (non-hydrogen) atoms. The minimum atomic E-state index is -0.798. The highest BCUT2D eigenvalue weighted by Crippen LogP contribution is 2.13. The Morgan fingerprint density at radius 3 is 2.85 bits per heavy atom. The Bertz CT molecular complexity index is 424. The van der Waals surface area contributed by atoms with E-state index in [9.17, 15) is 9.90 Å². The van der Waals surface area contributed by atoms with Crippen molar-refractivity contribution in [3.05, 3.63) is 28.6 Å². The van der Waals surface area contributed by atoms with Gasteiger partial charge >= 0.3 is 11.7 Å². The zero-order valence-electron chi connectivity index (χ0n) is 11.9. The van der Waals surface area contributed by atoms with Gasteiger partial charge in [-0.25, -0.2) is 4.79 Å². The predicted molar refractivity (Wildman–Crippen MR) is 75.4 cm³/mol. The quantitative estimate of drug-likeness (QED) is 0.194. The van der Waals surface area contributed by atoms with Crippen LogP contribution in [0.2, 0.25) is 0 Å². The van der Waals surface area contributed by atoms with Gasteiger partial charge in [0.15, 0.2) is 10.7 Å². The number of aliphatic hydroxyl groups is 1. The highest BCUT2D eigenvalue weighted by molar-refractivity contribution is 5.90. The summed E-state index contributed by atoms with van der Waals surface area (Å²) in [6, 6.07) is 0. The van der Waals surface area contributed by atoms with Crippen LogP contribution in [0.5, 0.6) is 0 Å². The van der Waals surface area contributed by atoms with E-state index in [0.717, 1.165) is 38.9 Å². The Morgan fingerprint density at radius 2 is 2.25 bits per heavy atom. The van der Waals surface area contributed by atoms with Crippen molar-refractivity contribution in [2.45, 2.75) is 32.6 Å². The molecule has 0 saturated heterocycles. The summed E-state index contributed by atoms with van der Waals surface area (Å²) >= 11 is 0. The first-order valence-electron chi connectivity index (χ1n) is 7.00. The number of hydrogen-bond donors (Lipinski definition) is 1. The number of esters is 1. The second-order valence-corrected chi connectivity index (χ2v) is 4.63. The first kappa shape index (κ1) is 16.2. The molecule has 1 heterocycles. The number of allylic oxidation sites excluding steroid dienone is 1. The molecule has 0 aromatic heterocycles. The molecule has 0 aromatic carbocycles. The van der Waals surface area contributed by atoms with Crippen LogP contribution in [-0.4, -0.2) is 42.2 Å². The molecule has 0 radical (unpaired) electrons. The van der Waals surface area contributed by atoms with Gasteiger partial charge < -0.3 is 9.84 Å². The topological polar surface area (TPSA) is 77.9 Å². The Morgan fingerprint density at radius 1 is 1.45 bits per heavy atom. The van der Waals surface area contributed by atoms with E-state index in [1.807, 2.05) is 0 Å². The van der Waals surface area contributed by atoms with Gasteiger partial charge in [0, 0.05) is 19.5 Å². The number of diazo groups is 1. The third-order valence-electron chi connectivity index (χ3n) is 3.12. The summed E-state index contributed by atoms with van der Waals surface area (Å²) < 4.78 is 4.69. The van der Waals surface area contributed by atoms with Crippen molar-refractivity contribution in [2.24, 2.45) is 0 Å². The third-order valence-corrected chi connectivity index (χ3v) is 3.12. The molecule has 0 unspecified atom stereocenters. The van der Waals surface area contributed by atoms with Crippen LogP contribution in [-0.2, 0) is 9.53 Å². The Kier molecular flexibility index (Phi) is 7.36. The molecule has 6 heteroatoms. The van der Waals surface area contributed by atoms with E-state index < -0.39 is 11.7 Å². The van der Waals surface area contributed by atoms with Crippen molar-refractivity contribution >= 4 is 5.97 Å². The fourth-order valence-electron chi connectivity index (χ4n) is 2.06. The van der Waals surface area contributed by atoms with Crippen LogP contribution >= 0.6 is 0 Å². The lowest BCUT2D eigenvalue weighted by Gasteiger charge is -2.22. The first-order chi connectivity index (χ1) is 9.69. The lowest BCUT2D eigenvalue weighted by Crippen LogP contribution is -2.28. The fraction of sp³-hybridized carbons (Fsp3) is 0.643. The van der Waals surface area contributed by atoms with E-state index in [2.05, 4.69) is 22.0 Å². The van der Waals surface area contributed by atoms with Gasteiger partial charge in [0.2, 0.25) is 5.39 Å². The number of rotatable bonds is 7. The summed E-state index contributed by atoms with van der Waals surface area (Å²) in [6.45, 7) is 4.83. The van der Waals surface area contributed by atoms with Gasteiger partial charge in [0.05, 0.1) is 6.61 Å². The molecule has 1 aliphatic rings. The van der Waals surface area contributed by atoms with Crippen molar-refractivity contribution < 1.29 is 14.6 Å². The standard InChI is InChI=1S/C14H21N3O3/c1-2-20-14(19)13(16-15)12(18)8-4-7-11-17-9-5-3-6-10-17/h3,5H,2,4,6-11H2,1H3/p+1. The van der Waals surface area contributed by atoms with Crippen molar-refractivity contribution in [1.82, 2.24) is 4.90 Å². The van der Waals surface area contributed by atoms with Crippen LogP contribution in [0.15, 0.2) is 23.6 Å². The van der Waals surface area contributed by atoms with Gasteiger partial charge in [-0.3, -0.25) is 4.90 Å². The molecular formula is C14H22N3O3+. The predicted octanol–water partition coefficient (Wildman–Crippen LogP) is 2.60. The average molecular weight is 280 g/mol. The van der Waals surface area contributed by atoms with Crippen molar-refractivity contribution in [1.29, 1.82) is 5.39 Å². The molecule has 1 N–H and O–H groups in total. The van der Waals surface area contributed by atoms with Crippen LogP contribution < -0.4 is 0 Å². The van der Waals surface area contributed by atoms with Crippen LogP contribution in [0.4, 0.5) is 0 Å².